The minimum atomic E-state index is -5.11. The SMILES string of the molecule is O=S(=O)(F)c1occc1-c1ccc(C(F)(F)F)cn1. The maximum Gasteiger partial charge on any atom is 0.417 e. The lowest BCUT2D eigenvalue weighted by molar-refractivity contribution is -0.137. The third-order valence-electron chi connectivity index (χ3n) is 2.22. The summed E-state index contributed by atoms with van der Waals surface area (Å²) in [6.07, 6.45) is -3.13. The minimum absolute atomic E-state index is 0.141. The van der Waals surface area contributed by atoms with E-state index in [-0.39, 0.29) is 11.3 Å². The van der Waals surface area contributed by atoms with Crippen molar-refractivity contribution in [1.29, 1.82) is 0 Å². The molecule has 2 aromatic rings. The Hall–Kier alpha value is -1.90. The Balaban J connectivity index is 2.48. The van der Waals surface area contributed by atoms with Crippen LogP contribution in [0.25, 0.3) is 11.3 Å². The zero-order valence-corrected chi connectivity index (χ0v) is 9.80. The average Bonchev–Trinajstić information content (AvgIpc) is 2.76. The lowest BCUT2D eigenvalue weighted by Gasteiger charge is -2.06. The van der Waals surface area contributed by atoms with Crippen LogP contribution in [0.2, 0.25) is 0 Å². The van der Waals surface area contributed by atoms with Gasteiger partial charge in [-0.05, 0) is 18.2 Å². The molecule has 0 amide bonds. The van der Waals surface area contributed by atoms with Gasteiger partial charge in [0, 0.05) is 6.20 Å². The van der Waals surface area contributed by atoms with Crippen LogP contribution in [-0.2, 0) is 16.4 Å². The first-order chi connectivity index (χ1) is 8.69. The van der Waals surface area contributed by atoms with Crippen LogP contribution < -0.4 is 0 Å². The molecule has 0 saturated carbocycles. The lowest BCUT2D eigenvalue weighted by Crippen LogP contribution is -2.05. The third kappa shape index (κ3) is 2.75. The minimum Gasteiger partial charge on any atom is -0.450 e. The molecule has 102 valence electrons. The molecule has 0 aliphatic carbocycles. The van der Waals surface area contributed by atoms with Gasteiger partial charge in [-0.2, -0.15) is 21.6 Å². The Labute approximate surface area is 104 Å². The number of nitrogens with zero attached hydrogens (tertiary/aromatic N) is 1. The van der Waals surface area contributed by atoms with E-state index in [0.29, 0.717) is 12.3 Å². The highest BCUT2D eigenvalue weighted by Crippen LogP contribution is 2.32. The third-order valence-corrected chi connectivity index (χ3v) is 2.98. The average molecular weight is 295 g/mol. The van der Waals surface area contributed by atoms with E-state index in [1.807, 2.05) is 0 Å². The summed E-state index contributed by atoms with van der Waals surface area (Å²) in [4.78, 5) is 3.45. The normalized spacial score (nSPS) is 12.6. The van der Waals surface area contributed by atoms with E-state index < -0.39 is 27.1 Å². The van der Waals surface area contributed by atoms with Crippen LogP contribution in [0, 0.1) is 0 Å². The monoisotopic (exact) mass is 295 g/mol. The predicted octanol–water partition coefficient (Wildman–Crippen LogP) is 3.02. The van der Waals surface area contributed by atoms with Crippen LogP contribution in [0.4, 0.5) is 17.1 Å². The van der Waals surface area contributed by atoms with E-state index >= 15 is 0 Å². The summed E-state index contributed by atoms with van der Waals surface area (Å²) in [5.41, 5.74) is -1.38. The van der Waals surface area contributed by atoms with Crippen molar-refractivity contribution < 1.29 is 29.9 Å². The van der Waals surface area contributed by atoms with Crippen LogP contribution in [0.1, 0.15) is 5.56 Å². The molecule has 0 radical (unpaired) electrons. The van der Waals surface area contributed by atoms with Gasteiger partial charge in [0.1, 0.15) is 0 Å². The van der Waals surface area contributed by atoms with Crippen molar-refractivity contribution in [2.45, 2.75) is 11.3 Å². The molecular weight excluding hydrogens is 290 g/mol. The van der Waals surface area contributed by atoms with Gasteiger partial charge >= 0.3 is 16.4 Å². The molecule has 0 atom stereocenters. The lowest BCUT2D eigenvalue weighted by atomic mass is 10.2. The van der Waals surface area contributed by atoms with Crippen molar-refractivity contribution in [1.82, 2.24) is 4.98 Å². The fraction of sp³-hybridized carbons (Fsp3) is 0.100. The number of furan rings is 1. The van der Waals surface area contributed by atoms with E-state index in [4.69, 9.17) is 0 Å². The molecule has 0 aromatic carbocycles. The predicted molar refractivity (Wildman–Crippen MR) is 55.2 cm³/mol. The summed E-state index contributed by atoms with van der Waals surface area (Å²) in [6.45, 7) is 0. The van der Waals surface area contributed by atoms with Crippen LogP contribution >= 0.6 is 0 Å². The Bertz CT molecular complexity index is 688. The number of aromatic nitrogens is 1. The van der Waals surface area contributed by atoms with Crippen LogP contribution in [0.3, 0.4) is 0 Å². The fourth-order valence-corrected chi connectivity index (χ4v) is 2.00. The number of rotatable bonds is 2. The summed E-state index contributed by atoms with van der Waals surface area (Å²) < 4.78 is 75.7. The van der Waals surface area contributed by atoms with Crippen molar-refractivity contribution in [3.63, 3.8) is 0 Å². The molecular formula is C10H5F4NO3S. The summed E-state index contributed by atoms with van der Waals surface area (Å²) in [7, 11) is -5.11. The number of hydrogen-bond donors (Lipinski definition) is 0. The second-order valence-electron chi connectivity index (χ2n) is 3.49. The van der Waals surface area contributed by atoms with Gasteiger partial charge in [0.2, 0.25) is 0 Å². The van der Waals surface area contributed by atoms with Crippen molar-refractivity contribution in [3.8, 4) is 11.3 Å². The molecule has 0 spiro atoms. The molecule has 0 fully saturated rings. The fourth-order valence-electron chi connectivity index (χ4n) is 1.40. The Morgan fingerprint density at radius 3 is 2.32 bits per heavy atom. The summed E-state index contributed by atoms with van der Waals surface area (Å²) >= 11 is 0. The van der Waals surface area contributed by atoms with Crippen molar-refractivity contribution in [3.05, 3.63) is 36.2 Å². The number of hydrogen-bond acceptors (Lipinski definition) is 4. The quantitative estimate of drug-likeness (QED) is 0.631. The highest BCUT2D eigenvalue weighted by atomic mass is 32.3. The van der Waals surface area contributed by atoms with Crippen LogP contribution in [0.5, 0.6) is 0 Å². The molecule has 0 bridgehead atoms. The standard InChI is InChI=1S/C10H5F4NO3S/c11-10(12,13)6-1-2-8(15-5-6)7-3-4-18-9(7)19(14,16)17/h1-5H. The van der Waals surface area contributed by atoms with Gasteiger partial charge in [0.15, 0.2) is 0 Å². The molecule has 9 heteroatoms. The van der Waals surface area contributed by atoms with E-state index in [9.17, 15) is 25.5 Å². The van der Waals surface area contributed by atoms with Crippen molar-refractivity contribution in [2.24, 2.45) is 0 Å². The second-order valence-corrected chi connectivity index (χ2v) is 4.74. The van der Waals surface area contributed by atoms with Crippen molar-refractivity contribution in [2.75, 3.05) is 0 Å². The molecule has 0 aliphatic heterocycles. The number of alkyl halides is 3. The van der Waals surface area contributed by atoms with E-state index in [1.165, 1.54) is 0 Å². The highest BCUT2D eigenvalue weighted by molar-refractivity contribution is 7.86. The topological polar surface area (TPSA) is 60.2 Å². The van der Waals surface area contributed by atoms with Gasteiger partial charge in [0.25, 0.3) is 5.09 Å². The molecule has 0 unspecified atom stereocenters. The largest absolute Gasteiger partial charge is 0.450 e. The summed E-state index contributed by atoms with van der Waals surface area (Å²) in [6, 6.07) is 2.74. The Kier molecular flexibility index (Phi) is 3.09. The van der Waals surface area contributed by atoms with Crippen molar-refractivity contribution >= 4 is 10.2 Å². The zero-order valence-electron chi connectivity index (χ0n) is 8.98. The molecule has 0 saturated heterocycles. The van der Waals surface area contributed by atoms with Gasteiger partial charge in [-0.3, -0.25) is 4.98 Å². The number of pyridine rings is 1. The first-order valence-corrected chi connectivity index (χ1v) is 6.14. The molecule has 0 N–H and O–H groups in total. The van der Waals surface area contributed by atoms with Gasteiger partial charge in [-0.15, -0.1) is 0 Å². The van der Waals surface area contributed by atoms with Gasteiger partial charge in [0.05, 0.1) is 23.1 Å². The molecule has 0 aliphatic rings. The maximum absolute atomic E-state index is 12.8. The Morgan fingerprint density at radius 2 is 1.84 bits per heavy atom. The highest BCUT2D eigenvalue weighted by Gasteiger charge is 2.31. The van der Waals surface area contributed by atoms with Gasteiger partial charge in [-0.25, -0.2) is 0 Å². The van der Waals surface area contributed by atoms with E-state index in [1.54, 1.807) is 0 Å². The molecule has 2 aromatic heterocycles. The zero-order chi connectivity index (χ0) is 14.3. The summed E-state index contributed by atoms with van der Waals surface area (Å²) in [5.74, 6) is 0. The molecule has 4 nitrogen and oxygen atoms in total. The smallest absolute Gasteiger partial charge is 0.417 e. The molecule has 2 rings (SSSR count). The van der Waals surface area contributed by atoms with Crippen LogP contribution in [-0.4, -0.2) is 13.4 Å². The number of halogens is 4. The Morgan fingerprint density at radius 1 is 1.16 bits per heavy atom. The van der Waals surface area contributed by atoms with Crippen LogP contribution in [0.15, 0.2) is 40.2 Å². The first kappa shape index (κ1) is 13.5. The molecule has 2 heterocycles. The second kappa shape index (κ2) is 4.34. The first-order valence-electron chi connectivity index (χ1n) is 4.75. The van der Waals surface area contributed by atoms with Gasteiger partial charge in [-0.1, -0.05) is 3.89 Å². The van der Waals surface area contributed by atoms with E-state index in [2.05, 4.69) is 9.40 Å². The van der Waals surface area contributed by atoms with Gasteiger partial charge < -0.3 is 4.42 Å². The van der Waals surface area contributed by atoms with E-state index in [0.717, 1.165) is 18.4 Å². The molecule has 19 heavy (non-hydrogen) atoms. The summed E-state index contributed by atoms with van der Waals surface area (Å²) in [5, 5.41) is -0.986. The maximum atomic E-state index is 12.8.